The van der Waals surface area contributed by atoms with E-state index in [-0.39, 0.29) is 12.1 Å². The van der Waals surface area contributed by atoms with Crippen molar-refractivity contribution in [2.75, 3.05) is 19.6 Å². The Morgan fingerprint density at radius 3 is 2.83 bits per heavy atom. The van der Waals surface area contributed by atoms with Crippen molar-refractivity contribution < 1.29 is 9.53 Å². The molecule has 0 saturated carbocycles. The molecule has 1 amide bonds. The summed E-state index contributed by atoms with van der Waals surface area (Å²) in [4.78, 5) is 13.8. The van der Waals surface area contributed by atoms with E-state index >= 15 is 0 Å². The Kier molecular flexibility index (Phi) is 3.36. The van der Waals surface area contributed by atoms with Crippen LogP contribution in [0, 0.1) is 0 Å². The van der Waals surface area contributed by atoms with E-state index in [1.54, 1.807) is 4.90 Å². The van der Waals surface area contributed by atoms with Gasteiger partial charge < -0.3 is 15.4 Å². The molecule has 2 N–H and O–H groups in total. The van der Waals surface area contributed by atoms with Crippen LogP contribution in [0.25, 0.3) is 0 Å². The Balaban J connectivity index is 1.97. The molecule has 18 heavy (non-hydrogen) atoms. The number of rotatable bonds is 0. The predicted octanol–water partition coefficient (Wildman–Crippen LogP) is 0.974. The third-order valence-corrected chi connectivity index (χ3v) is 3.02. The number of nitrogens with two attached hydrogens (primary N) is 1. The third kappa shape index (κ3) is 3.05. The summed E-state index contributed by atoms with van der Waals surface area (Å²) < 4.78 is 5.41. The van der Waals surface area contributed by atoms with Gasteiger partial charge in [0.2, 0.25) is 0 Å². The van der Waals surface area contributed by atoms with Gasteiger partial charge in [0.1, 0.15) is 11.4 Å². The van der Waals surface area contributed by atoms with Crippen molar-refractivity contribution in [1.82, 2.24) is 9.91 Å². The molecular weight excluding hydrogens is 232 g/mol. The molecule has 6 nitrogen and oxygen atoms in total. The molecule has 2 aliphatic rings. The fourth-order valence-electron chi connectivity index (χ4n) is 2.29. The van der Waals surface area contributed by atoms with Gasteiger partial charge >= 0.3 is 6.09 Å². The Bertz CT molecular complexity index is 362. The molecule has 1 unspecified atom stereocenters. The van der Waals surface area contributed by atoms with Crippen molar-refractivity contribution in [3.8, 4) is 0 Å². The first-order valence-corrected chi connectivity index (χ1v) is 6.43. The molecule has 0 aromatic rings. The van der Waals surface area contributed by atoms with Crippen LogP contribution in [0.5, 0.6) is 0 Å². The predicted molar refractivity (Wildman–Crippen MR) is 69.2 cm³/mol. The van der Waals surface area contributed by atoms with E-state index in [0.29, 0.717) is 12.4 Å². The molecule has 102 valence electrons. The number of hydrogen-bond acceptors (Lipinski definition) is 5. The van der Waals surface area contributed by atoms with Gasteiger partial charge in [0.05, 0.1) is 6.04 Å². The number of amides is 1. The van der Waals surface area contributed by atoms with Gasteiger partial charge in [0, 0.05) is 26.1 Å². The van der Waals surface area contributed by atoms with Crippen LogP contribution in [0.4, 0.5) is 4.79 Å². The topological polar surface area (TPSA) is 71.2 Å². The monoisotopic (exact) mass is 254 g/mol. The number of hydrogen-bond donors (Lipinski definition) is 1. The van der Waals surface area contributed by atoms with Crippen molar-refractivity contribution in [2.24, 2.45) is 10.8 Å². The number of fused-ring (bicyclic) bond motifs is 1. The van der Waals surface area contributed by atoms with Gasteiger partial charge in [-0.1, -0.05) is 0 Å². The van der Waals surface area contributed by atoms with Crippen LogP contribution in [0.1, 0.15) is 33.6 Å². The van der Waals surface area contributed by atoms with Crippen LogP contribution in [0.2, 0.25) is 0 Å². The molecular formula is C12H22N4O2. The summed E-state index contributed by atoms with van der Waals surface area (Å²) in [5, 5.41) is 6.29. The number of amidine groups is 1. The number of hydrazone groups is 1. The molecule has 0 radical (unpaired) electrons. The molecule has 0 aromatic heterocycles. The third-order valence-electron chi connectivity index (χ3n) is 3.02. The van der Waals surface area contributed by atoms with Gasteiger partial charge in [-0.2, -0.15) is 5.10 Å². The minimum absolute atomic E-state index is 0.208. The molecule has 0 aliphatic carbocycles. The fourth-order valence-corrected chi connectivity index (χ4v) is 2.29. The zero-order valence-corrected chi connectivity index (χ0v) is 11.3. The second-order valence-corrected chi connectivity index (χ2v) is 5.89. The highest BCUT2D eigenvalue weighted by Gasteiger charge is 2.32. The Morgan fingerprint density at radius 2 is 2.17 bits per heavy atom. The van der Waals surface area contributed by atoms with Crippen LogP contribution in [0.3, 0.4) is 0 Å². The first kappa shape index (κ1) is 13.0. The van der Waals surface area contributed by atoms with Crippen LogP contribution in [-0.4, -0.2) is 53.1 Å². The number of carbonyl (C=O) groups is 1. The Morgan fingerprint density at radius 1 is 1.44 bits per heavy atom. The quantitative estimate of drug-likeness (QED) is 0.699. The highest BCUT2D eigenvalue weighted by Crippen LogP contribution is 2.20. The van der Waals surface area contributed by atoms with E-state index in [1.165, 1.54) is 0 Å². The van der Waals surface area contributed by atoms with Crippen molar-refractivity contribution in [1.29, 1.82) is 0 Å². The number of ether oxygens (including phenoxy) is 1. The summed E-state index contributed by atoms with van der Waals surface area (Å²) >= 11 is 0. The first-order chi connectivity index (χ1) is 8.35. The molecule has 2 heterocycles. The lowest BCUT2D eigenvalue weighted by Crippen LogP contribution is -2.42. The lowest BCUT2D eigenvalue weighted by Gasteiger charge is -2.28. The molecule has 2 aliphatic heterocycles. The first-order valence-electron chi connectivity index (χ1n) is 6.43. The molecule has 1 saturated heterocycles. The van der Waals surface area contributed by atoms with E-state index in [4.69, 9.17) is 10.5 Å². The summed E-state index contributed by atoms with van der Waals surface area (Å²) in [6, 6.07) is 0.208. The Hall–Kier alpha value is -1.46. The lowest BCUT2D eigenvalue weighted by atomic mass is 10.2. The van der Waals surface area contributed by atoms with Gasteiger partial charge in [-0.25, -0.2) is 4.79 Å². The average Bonchev–Trinajstić information content (AvgIpc) is 2.43. The average molecular weight is 254 g/mol. The van der Waals surface area contributed by atoms with Crippen molar-refractivity contribution in [3.63, 3.8) is 0 Å². The highest BCUT2D eigenvalue weighted by molar-refractivity contribution is 5.82. The maximum atomic E-state index is 12.1. The summed E-state index contributed by atoms with van der Waals surface area (Å²) in [5.74, 6) is 0.658. The van der Waals surface area contributed by atoms with Crippen molar-refractivity contribution >= 4 is 11.9 Å². The summed E-state index contributed by atoms with van der Waals surface area (Å²) in [6.45, 7) is 7.85. The molecule has 6 heteroatoms. The minimum atomic E-state index is -0.450. The van der Waals surface area contributed by atoms with Crippen LogP contribution >= 0.6 is 0 Å². The van der Waals surface area contributed by atoms with E-state index in [1.807, 2.05) is 25.8 Å². The molecule has 1 fully saturated rings. The zero-order chi connectivity index (χ0) is 13.3. The second-order valence-electron chi connectivity index (χ2n) is 5.89. The maximum Gasteiger partial charge on any atom is 0.410 e. The fraction of sp³-hybridized carbons (Fsp3) is 0.833. The maximum absolute atomic E-state index is 12.1. The van der Waals surface area contributed by atoms with Crippen molar-refractivity contribution in [2.45, 2.75) is 45.3 Å². The van der Waals surface area contributed by atoms with Crippen LogP contribution in [-0.2, 0) is 4.74 Å². The lowest BCUT2D eigenvalue weighted by molar-refractivity contribution is 0.0237. The largest absolute Gasteiger partial charge is 0.444 e. The van der Waals surface area contributed by atoms with Gasteiger partial charge in [0.15, 0.2) is 0 Å². The normalized spacial score (nSPS) is 24.4. The van der Waals surface area contributed by atoms with Crippen LogP contribution in [0.15, 0.2) is 5.10 Å². The Labute approximate surface area is 108 Å². The van der Waals surface area contributed by atoms with E-state index < -0.39 is 5.60 Å². The zero-order valence-electron chi connectivity index (χ0n) is 11.3. The highest BCUT2D eigenvalue weighted by atomic mass is 16.6. The molecule has 2 rings (SSSR count). The van der Waals surface area contributed by atoms with E-state index in [9.17, 15) is 4.79 Å². The summed E-state index contributed by atoms with van der Waals surface area (Å²) in [6.07, 6.45) is 1.39. The van der Waals surface area contributed by atoms with E-state index in [2.05, 4.69) is 5.10 Å². The SMILES string of the molecule is CC(C)(C)OC(=O)N1CCCN2N=C(N)CC2C1. The number of nitrogens with zero attached hydrogens (tertiary/aromatic N) is 3. The van der Waals surface area contributed by atoms with Gasteiger partial charge in [-0.15, -0.1) is 0 Å². The van der Waals surface area contributed by atoms with E-state index in [0.717, 1.165) is 25.9 Å². The van der Waals surface area contributed by atoms with Gasteiger partial charge in [-0.3, -0.25) is 5.01 Å². The van der Waals surface area contributed by atoms with Gasteiger partial charge in [-0.05, 0) is 27.2 Å². The molecule has 0 bridgehead atoms. The minimum Gasteiger partial charge on any atom is -0.444 e. The summed E-state index contributed by atoms with van der Waals surface area (Å²) in [5.41, 5.74) is 5.29. The standard InChI is InChI=1S/C12H22N4O2/c1-12(2,3)18-11(17)15-5-4-6-16-9(8-15)7-10(13)14-16/h9H,4-8H2,1-3H3,(H2,13,14). The molecule has 0 spiro atoms. The van der Waals surface area contributed by atoms with Crippen molar-refractivity contribution in [3.05, 3.63) is 0 Å². The number of carbonyl (C=O) groups excluding carboxylic acids is 1. The summed E-state index contributed by atoms with van der Waals surface area (Å²) in [7, 11) is 0. The second kappa shape index (κ2) is 4.66. The molecule has 1 atom stereocenters. The van der Waals surface area contributed by atoms with Gasteiger partial charge in [0.25, 0.3) is 0 Å². The van der Waals surface area contributed by atoms with Crippen LogP contribution < -0.4 is 5.73 Å². The molecule has 0 aromatic carbocycles. The smallest absolute Gasteiger partial charge is 0.410 e.